The van der Waals surface area contributed by atoms with Gasteiger partial charge in [0, 0.05) is 19.1 Å². The summed E-state index contributed by atoms with van der Waals surface area (Å²) in [5.41, 5.74) is 5.33. The fourth-order valence-corrected chi connectivity index (χ4v) is 1.69. The number of nitrogens with zero attached hydrogens (tertiary/aromatic N) is 2. The second kappa shape index (κ2) is 4.48. The number of hydrogen-bond acceptors (Lipinski definition) is 4. The van der Waals surface area contributed by atoms with Gasteiger partial charge in [-0.05, 0) is 36.4 Å². The number of aromatic nitrogens is 2. The van der Waals surface area contributed by atoms with Gasteiger partial charge in [-0.15, -0.1) is 0 Å². The molecule has 0 aliphatic heterocycles. The zero-order valence-corrected chi connectivity index (χ0v) is 11.2. The number of nitrogens with two attached hydrogens (primary N) is 1. The molecule has 1 heterocycles. The van der Waals surface area contributed by atoms with Gasteiger partial charge in [0.05, 0.1) is 6.33 Å². The van der Waals surface area contributed by atoms with Crippen LogP contribution in [0.25, 0.3) is 0 Å². The predicted octanol–water partition coefficient (Wildman–Crippen LogP) is 0.548. The number of halogens is 1. The van der Waals surface area contributed by atoms with Gasteiger partial charge in [-0.3, -0.25) is 4.79 Å². The Bertz CT molecular complexity index is 401. The molecule has 0 saturated heterocycles. The van der Waals surface area contributed by atoms with Crippen molar-refractivity contribution >= 4 is 28.4 Å². The van der Waals surface area contributed by atoms with Crippen LogP contribution in [-0.2, 0) is 0 Å². The number of rotatable bonds is 3. The quantitative estimate of drug-likeness (QED) is 0.797. The molecule has 1 rings (SSSR count). The molecule has 0 aromatic carbocycles. The highest BCUT2D eigenvalue weighted by molar-refractivity contribution is 14.1. The van der Waals surface area contributed by atoms with Gasteiger partial charge in [-0.25, -0.2) is 4.98 Å². The molecule has 0 amide bonds. The lowest BCUT2D eigenvalue weighted by atomic mass is 10.0. The Morgan fingerprint density at radius 2 is 2.27 bits per heavy atom. The second-order valence-electron chi connectivity index (χ2n) is 3.94. The fourth-order valence-electron chi connectivity index (χ4n) is 1.03. The number of nitrogens with one attached hydrogen (secondary N) is 1. The maximum atomic E-state index is 11.4. The van der Waals surface area contributed by atoms with E-state index in [0.29, 0.717) is 15.9 Å². The van der Waals surface area contributed by atoms with Crippen LogP contribution in [-0.4, -0.2) is 29.1 Å². The molecule has 0 unspecified atom stereocenters. The minimum Gasteiger partial charge on any atom is -0.352 e. The van der Waals surface area contributed by atoms with Crippen molar-refractivity contribution in [3.63, 3.8) is 0 Å². The summed E-state index contributed by atoms with van der Waals surface area (Å²) in [4.78, 5) is 20.0. The first-order chi connectivity index (χ1) is 6.90. The summed E-state index contributed by atoms with van der Waals surface area (Å²) in [6, 6.07) is 0. The lowest BCUT2D eigenvalue weighted by molar-refractivity contribution is 0.493. The monoisotopic (exact) mass is 322 g/mol. The highest BCUT2D eigenvalue weighted by Gasteiger charge is 2.25. The van der Waals surface area contributed by atoms with Gasteiger partial charge in [0.15, 0.2) is 0 Å². The van der Waals surface area contributed by atoms with Crippen LogP contribution in [0.2, 0.25) is 0 Å². The summed E-state index contributed by atoms with van der Waals surface area (Å²) in [5.74, 6) is 0.662. The van der Waals surface area contributed by atoms with Gasteiger partial charge in [0.1, 0.15) is 9.39 Å². The summed E-state index contributed by atoms with van der Waals surface area (Å²) >= 11 is 1.99. The van der Waals surface area contributed by atoms with Gasteiger partial charge in [0.25, 0.3) is 5.56 Å². The van der Waals surface area contributed by atoms with Crippen LogP contribution in [0.4, 0.5) is 5.82 Å². The van der Waals surface area contributed by atoms with Crippen LogP contribution >= 0.6 is 22.6 Å². The highest BCUT2D eigenvalue weighted by Crippen LogP contribution is 2.21. The molecule has 0 saturated carbocycles. The molecule has 0 fully saturated rings. The Morgan fingerprint density at radius 1 is 1.67 bits per heavy atom. The van der Waals surface area contributed by atoms with Crippen molar-refractivity contribution in [1.82, 2.24) is 9.97 Å². The Kier molecular flexibility index (Phi) is 3.72. The Balaban J connectivity index is 3.17. The Morgan fingerprint density at radius 3 is 2.80 bits per heavy atom. The zero-order chi connectivity index (χ0) is 11.6. The van der Waals surface area contributed by atoms with Gasteiger partial charge in [-0.1, -0.05) is 0 Å². The molecule has 0 atom stereocenters. The van der Waals surface area contributed by atoms with E-state index in [4.69, 9.17) is 5.73 Å². The van der Waals surface area contributed by atoms with Gasteiger partial charge >= 0.3 is 0 Å². The molecular weight excluding hydrogens is 307 g/mol. The molecule has 0 radical (unpaired) electrons. The van der Waals surface area contributed by atoms with Crippen LogP contribution in [0, 0.1) is 3.57 Å². The van der Waals surface area contributed by atoms with Crippen LogP contribution in [0.5, 0.6) is 0 Å². The van der Waals surface area contributed by atoms with Gasteiger partial charge in [-0.2, -0.15) is 0 Å². The van der Waals surface area contributed by atoms with Crippen molar-refractivity contribution in [2.24, 2.45) is 5.73 Å². The van der Waals surface area contributed by atoms with E-state index in [-0.39, 0.29) is 11.1 Å². The van der Waals surface area contributed by atoms with E-state index < -0.39 is 0 Å². The molecule has 0 bridgehead atoms. The van der Waals surface area contributed by atoms with E-state index in [2.05, 4.69) is 9.97 Å². The largest absolute Gasteiger partial charge is 0.352 e. The zero-order valence-electron chi connectivity index (χ0n) is 9.04. The number of H-pyrrole nitrogens is 1. The van der Waals surface area contributed by atoms with E-state index in [9.17, 15) is 4.79 Å². The average Bonchev–Trinajstić information content (AvgIpc) is 2.21. The number of aromatic amines is 1. The molecular formula is C9H15IN4O. The lowest BCUT2D eigenvalue weighted by Gasteiger charge is -2.35. The first-order valence-electron chi connectivity index (χ1n) is 4.57. The summed E-state index contributed by atoms with van der Waals surface area (Å²) in [7, 11) is 1.89. The van der Waals surface area contributed by atoms with Gasteiger partial charge < -0.3 is 15.6 Å². The number of likely N-dealkylation sites (N-methyl/N-ethyl adjacent to an activating group) is 1. The van der Waals surface area contributed by atoms with Crippen LogP contribution in [0.15, 0.2) is 11.1 Å². The van der Waals surface area contributed by atoms with E-state index in [1.54, 1.807) is 0 Å². The third kappa shape index (κ3) is 2.49. The third-order valence-electron chi connectivity index (χ3n) is 2.50. The molecule has 0 aliphatic carbocycles. The molecule has 1 aromatic rings. The van der Waals surface area contributed by atoms with E-state index in [0.717, 1.165) is 0 Å². The van der Waals surface area contributed by atoms with E-state index >= 15 is 0 Å². The van der Waals surface area contributed by atoms with Crippen LogP contribution in [0.3, 0.4) is 0 Å². The maximum Gasteiger partial charge on any atom is 0.266 e. The molecule has 0 aliphatic rings. The van der Waals surface area contributed by atoms with E-state index in [1.165, 1.54) is 6.33 Å². The summed E-state index contributed by atoms with van der Waals surface area (Å²) in [6.07, 6.45) is 1.41. The first kappa shape index (κ1) is 12.4. The normalized spacial score (nSPS) is 11.5. The van der Waals surface area contributed by atoms with Crippen LogP contribution in [0.1, 0.15) is 13.8 Å². The molecule has 84 valence electrons. The lowest BCUT2D eigenvalue weighted by Crippen LogP contribution is -2.48. The minimum atomic E-state index is -0.222. The topological polar surface area (TPSA) is 75.0 Å². The Hall–Kier alpha value is -0.630. The SMILES string of the molecule is CN(c1nc[nH]c(=O)c1I)C(C)(C)CN. The van der Waals surface area contributed by atoms with Crippen molar-refractivity contribution in [1.29, 1.82) is 0 Å². The van der Waals surface area contributed by atoms with Crippen molar-refractivity contribution in [3.8, 4) is 0 Å². The average molecular weight is 322 g/mol. The van der Waals surface area contributed by atoms with Crippen molar-refractivity contribution < 1.29 is 0 Å². The predicted molar refractivity (Wildman–Crippen MR) is 69.1 cm³/mol. The molecule has 15 heavy (non-hydrogen) atoms. The standard InChI is InChI=1S/C9H15IN4O/c1-9(2,4-11)14(3)7-6(10)8(15)13-5-12-7/h5H,4,11H2,1-3H3,(H,12,13,15). The minimum absolute atomic E-state index is 0.125. The summed E-state index contributed by atoms with van der Waals surface area (Å²) in [5, 5.41) is 0. The molecule has 3 N–H and O–H groups in total. The molecule has 0 spiro atoms. The van der Waals surface area contributed by atoms with Crippen molar-refractivity contribution in [3.05, 3.63) is 20.3 Å². The summed E-state index contributed by atoms with van der Waals surface area (Å²) in [6.45, 7) is 4.51. The summed E-state index contributed by atoms with van der Waals surface area (Å²) < 4.78 is 0.583. The van der Waals surface area contributed by atoms with Crippen LogP contribution < -0.4 is 16.2 Å². The van der Waals surface area contributed by atoms with Crippen molar-refractivity contribution in [2.45, 2.75) is 19.4 Å². The fraction of sp³-hybridized carbons (Fsp3) is 0.556. The third-order valence-corrected chi connectivity index (χ3v) is 3.48. The molecule has 5 nitrogen and oxygen atoms in total. The molecule has 6 heteroatoms. The van der Waals surface area contributed by atoms with Crippen molar-refractivity contribution in [2.75, 3.05) is 18.5 Å². The second-order valence-corrected chi connectivity index (χ2v) is 5.02. The highest BCUT2D eigenvalue weighted by atomic mass is 127. The Labute approximate surface area is 102 Å². The maximum absolute atomic E-state index is 11.4. The molecule has 1 aromatic heterocycles. The van der Waals surface area contributed by atoms with E-state index in [1.807, 2.05) is 48.4 Å². The smallest absolute Gasteiger partial charge is 0.266 e. The van der Waals surface area contributed by atoms with Gasteiger partial charge in [0.2, 0.25) is 0 Å². The number of anilines is 1. The number of hydrogen-bond donors (Lipinski definition) is 2. The first-order valence-corrected chi connectivity index (χ1v) is 5.65.